The van der Waals surface area contributed by atoms with Crippen LogP contribution < -0.4 is 5.32 Å². The molecule has 0 bridgehead atoms. The lowest BCUT2D eigenvalue weighted by Gasteiger charge is -2.21. The van der Waals surface area contributed by atoms with Gasteiger partial charge >= 0.3 is 0 Å². The Labute approximate surface area is 122 Å². The summed E-state index contributed by atoms with van der Waals surface area (Å²) in [4.78, 5) is 2.91. The molecule has 100 valence electrons. The van der Waals surface area contributed by atoms with E-state index >= 15 is 0 Å². The van der Waals surface area contributed by atoms with Crippen molar-refractivity contribution in [2.75, 3.05) is 6.54 Å². The van der Waals surface area contributed by atoms with Crippen LogP contribution in [0.1, 0.15) is 41.5 Å². The first-order valence-electron chi connectivity index (χ1n) is 7.18. The Hall–Kier alpha value is -0.640. The van der Waals surface area contributed by atoms with Crippen molar-refractivity contribution in [1.29, 1.82) is 0 Å². The van der Waals surface area contributed by atoms with Crippen molar-refractivity contribution < 1.29 is 0 Å². The minimum absolute atomic E-state index is 0.413. The average molecular weight is 289 g/mol. The first kappa shape index (κ1) is 12.1. The van der Waals surface area contributed by atoms with Gasteiger partial charge in [0, 0.05) is 16.3 Å². The second kappa shape index (κ2) is 4.72. The van der Waals surface area contributed by atoms with Gasteiger partial charge in [-0.15, -0.1) is 22.7 Å². The summed E-state index contributed by atoms with van der Waals surface area (Å²) in [6, 6.07) is 9.26. The zero-order chi connectivity index (χ0) is 12.7. The van der Waals surface area contributed by atoms with Crippen molar-refractivity contribution in [1.82, 2.24) is 5.32 Å². The summed E-state index contributed by atoms with van der Waals surface area (Å²) in [6.07, 6.45) is 5.85. The number of rotatable bonds is 6. The summed E-state index contributed by atoms with van der Waals surface area (Å²) in [7, 11) is 0. The van der Waals surface area contributed by atoms with Crippen LogP contribution in [0.3, 0.4) is 0 Å². The Balaban J connectivity index is 1.51. The molecule has 4 rings (SSSR count). The highest BCUT2D eigenvalue weighted by Gasteiger charge is 2.53. The van der Waals surface area contributed by atoms with E-state index in [0.29, 0.717) is 11.5 Å². The Morgan fingerprint density at radius 1 is 1.11 bits per heavy atom. The molecule has 0 spiro atoms. The summed E-state index contributed by atoms with van der Waals surface area (Å²) >= 11 is 3.74. The summed E-state index contributed by atoms with van der Waals surface area (Å²) in [5, 5.41) is 8.24. The van der Waals surface area contributed by atoms with E-state index in [2.05, 4.69) is 40.3 Å². The van der Waals surface area contributed by atoms with Crippen LogP contribution in [-0.2, 0) is 0 Å². The van der Waals surface area contributed by atoms with Crippen LogP contribution in [-0.4, -0.2) is 6.54 Å². The van der Waals surface area contributed by atoms with Crippen molar-refractivity contribution >= 4 is 22.7 Å². The third kappa shape index (κ3) is 2.39. The topological polar surface area (TPSA) is 12.0 Å². The van der Waals surface area contributed by atoms with Crippen LogP contribution in [0, 0.1) is 11.3 Å². The molecule has 2 saturated carbocycles. The highest BCUT2D eigenvalue weighted by molar-refractivity contribution is 7.11. The van der Waals surface area contributed by atoms with Crippen LogP contribution in [0.2, 0.25) is 0 Å². The van der Waals surface area contributed by atoms with Gasteiger partial charge in [-0.25, -0.2) is 0 Å². The molecule has 0 radical (unpaired) electrons. The fraction of sp³-hybridized carbons (Fsp3) is 0.500. The van der Waals surface area contributed by atoms with Crippen LogP contribution in [0.25, 0.3) is 0 Å². The monoisotopic (exact) mass is 289 g/mol. The third-order valence-corrected chi connectivity index (χ3v) is 6.52. The number of hydrogen-bond acceptors (Lipinski definition) is 3. The molecule has 0 aliphatic heterocycles. The molecule has 0 saturated heterocycles. The molecule has 0 atom stereocenters. The largest absolute Gasteiger partial charge is 0.304 e. The van der Waals surface area contributed by atoms with E-state index in [4.69, 9.17) is 0 Å². The lowest BCUT2D eigenvalue weighted by atomic mass is 10.00. The van der Waals surface area contributed by atoms with Gasteiger partial charge in [0.15, 0.2) is 0 Å². The predicted octanol–water partition coefficient (Wildman–Crippen LogP) is 4.68. The second-order valence-electron chi connectivity index (χ2n) is 5.98. The van der Waals surface area contributed by atoms with Crippen molar-refractivity contribution in [2.24, 2.45) is 11.3 Å². The molecule has 2 aliphatic carbocycles. The minimum atomic E-state index is 0.413. The van der Waals surface area contributed by atoms with Gasteiger partial charge in [-0.1, -0.05) is 12.1 Å². The molecule has 0 aromatic carbocycles. The summed E-state index contributed by atoms with van der Waals surface area (Å²) in [6.45, 7) is 1.21. The molecule has 1 nitrogen and oxygen atoms in total. The maximum Gasteiger partial charge on any atom is 0.0765 e. The minimum Gasteiger partial charge on any atom is -0.304 e. The van der Waals surface area contributed by atoms with E-state index in [1.165, 1.54) is 42.0 Å². The molecular formula is C16H19NS2. The molecule has 1 N–H and O–H groups in total. The van der Waals surface area contributed by atoms with Gasteiger partial charge in [-0.2, -0.15) is 0 Å². The van der Waals surface area contributed by atoms with E-state index in [-0.39, 0.29) is 0 Å². The third-order valence-electron chi connectivity index (χ3n) is 4.65. The van der Waals surface area contributed by atoms with Crippen LogP contribution in [0.5, 0.6) is 0 Å². The van der Waals surface area contributed by atoms with Gasteiger partial charge in [0.1, 0.15) is 0 Å². The number of thiophene rings is 2. The Morgan fingerprint density at radius 3 is 2.16 bits per heavy atom. The molecule has 2 heterocycles. The van der Waals surface area contributed by atoms with E-state index in [1.807, 2.05) is 22.7 Å². The molecule has 2 aliphatic rings. The maximum absolute atomic E-state index is 3.87. The van der Waals surface area contributed by atoms with Crippen LogP contribution in [0.15, 0.2) is 35.0 Å². The van der Waals surface area contributed by atoms with Gasteiger partial charge in [-0.05, 0) is 59.9 Å². The first-order chi connectivity index (χ1) is 9.37. The van der Waals surface area contributed by atoms with E-state index in [0.717, 1.165) is 5.92 Å². The Kier molecular flexibility index (Phi) is 3.02. The molecule has 2 aromatic rings. The van der Waals surface area contributed by atoms with Crippen molar-refractivity contribution in [3.63, 3.8) is 0 Å². The number of hydrogen-bond donors (Lipinski definition) is 1. The fourth-order valence-corrected chi connectivity index (χ4v) is 4.85. The SMILES string of the molecule is c1csc(C(NCC2(C3CC3)CC2)c2cccs2)c1. The summed E-state index contributed by atoms with van der Waals surface area (Å²) < 4.78 is 0. The zero-order valence-corrected chi connectivity index (χ0v) is 12.6. The van der Waals surface area contributed by atoms with E-state index in [9.17, 15) is 0 Å². The number of nitrogens with one attached hydrogen (secondary N) is 1. The smallest absolute Gasteiger partial charge is 0.0765 e. The van der Waals surface area contributed by atoms with Crippen LogP contribution in [0.4, 0.5) is 0 Å². The molecule has 19 heavy (non-hydrogen) atoms. The molecule has 0 unspecified atom stereocenters. The van der Waals surface area contributed by atoms with Gasteiger partial charge in [0.05, 0.1) is 6.04 Å². The first-order valence-corrected chi connectivity index (χ1v) is 8.94. The van der Waals surface area contributed by atoms with Gasteiger partial charge in [-0.3, -0.25) is 0 Å². The van der Waals surface area contributed by atoms with Gasteiger partial charge in [0.2, 0.25) is 0 Å². The predicted molar refractivity (Wildman–Crippen MR) is 82.9 cm³/mol. The van der Waals surface area contributed by atoms with Crippen molar-refractivity contribution in [3.8, 4) is 0 Å². The van der Waals surface area contributed by atoms with Crippen LogP contribution >= 0.6 is 22.7 Å². The molecule has 2 aromatic heterocycles. The highest BCUT2D eigenvalue weighted by atomic mass is 32.1. The second-order valence-corrected chi connectivity index (χ2v) is 7.94. The average Bonchev–Trinajstić information content (AvgIpc) is 3.30. The van der Waals surface area contributed by atoms with E-state index in [1.54, 1.807) is 0 Å². The Bertz CT molecular complexity index is 487. The van der Waals surface area contributed by atoms with Gasteiger partial charge in [0.25, 0.3) is 0 Å². The standard InChI is InChI=1S/C16H19NS2/c1-3-13(18-9-1)15(14-4-2-10-19-14)17-11-16(7-8-16)12-5-6-12/h1-4,9-10,12,15,17H,5-8,11H2. The molecule has 2 fully saturated rings. The van der Waals surface area contributed by atoms with E-state index < -0.39 is 0 Å². The summed E-state index contributed by atoms with van der Waals surface area (Å²) in [5.74, 6) is 1.03. The molecule has 3 heteroatoms. The summed E-state index contributed by atoms with van der Waals surface area (Å²) in [5.41, 5.74) is 0.673. The lowest BCUT2D eigenvalue weighted by molar-refractivity contribution is 0.391. The fourth-order valence-electron chi connectivity index (χ4n) is 3.14. The molecular weight excluding hydrogens is 270 g/mol. The van der Waals surface area contributed by atoms with Gasteiger partial charge < -0.3 is 5.32 Å². The maximum atomic E-state index is 3.87. The van der Waals surface area contributed by atoms with Crippen molar-refractivity contribution in [3.05, 3.63) is 44.8 Å². The molecule has 0 amide bonds. The normalized spacial score (nSPS) is 20.9. The quantitative estimate of drug-likeness (QED) is 0.814. The Morgan fingerprint density at radius 2 is 1.74 bits per heavy atom. The highest BCUT2D eigenvalue weighted by Crippen LogP contribution is 2.61. The zero-order valence-electron chi connectivity index (χ0n) is 11.0. The lowest BCUT2D eigenvalue weighted by Crippen LogP contribution is -2.29. The van der Waals surface area contributed by atoms with Crippen molar-refractivity contribution in [2.45, 2.75) is 31.7 Å².